The van der Waals surface area contributed by atoms with Crippen LogP contribution in [0.1, 0.15) is 30.5 Å². The highest BCUT2D eigenvalue weighted by Crippen LogP contribution is 2.29. The van der Waals surface area contributed by atoms with Crippen LogP contribution in [-0.2, 0) is 16.6 Å². The third-order valence-corrected chi connectivity index (χ3v) is 5.60. The van der Waals surface area contributed by atoms with Crippen molar-refractivity contribution in [2.24, 2.45) is 5.92 Å². The maximum atomic E-state index is 13.2. The molecule has 2 rings (SSSR count). The van der Waals surface area contributed by atoms with Gasteiger partial charge in [0.2, 0.25) is 0 Å². The van der Waals surface area contributed by atoms with Crippen molar-refractivity contribution < 1.29 is 13.5 Å². The Kier molecular flexibility index (Phi) is 5.67. The van der Waals surface area contributed by atoms with E-state index < -0.39 is 10.0 Å². The second-order valence-electron chi connectivity index (χ2n) is 6.53. The summed E-state index contributed by atoms with van der Waals surface area (Å²) >= 11 is 0. The number of hydrogen-bond donors (Lipinski definition) is 1. The fourth-order valence-electron chi connectivity index (χ4n) is 2.67. The van der Waals surface area contributed by atoms with Gasteiger partial charge in [-0.1, -0.05) is 43.7 Å². The summed E-state index contributed by atoms with van der Waals surface area (Å²) in [5.41, 5.74) is 3.31. The predicted molar refractivity (Wildman–Crippen MR) is 97.7 cm³/mol. The van der Waals surface area contributed by atoms with Crippen LogP contribution in [0.4, 0.5) is 5.69 Å². The largest absolute Gasteiger partial charge is 0.392 e. The summed E-state index contributed by atoms with van der Waals surface area (Å²) in [6.07, 6.45) is 0. The van der Waals surface area contributed by atoms with Crippen LogP contribution in [0.2, 0.25) is 0 Å². The summed E-state index contributed by atoms with van der Waals surface area (Å²) in [4.78, 5) is 0.203. The quantitative estimate of drug-likeness (QED) is 0.868. The van der Waals surface area contributed by atoms with Gasteiger partial charge in [-0.2, -0.15) is 0 Å². The van der Waals surface area contributed by atoms with E-state index >= 15 is 0 Å². The van der Waals surface area contributed by atoms with E-state index in [0.717, 1.165) is 11.1 Å². The van der Waals surface area contributed by atoms with E-state index in [4.69, 9.17) is 0 Å². The van der Waals surface area contributed by atoms with Crippen LogP contribution in [0, 0.1) is 19.8 Å². The molecule has 0 aromatic heterocycles. The average Bonchev–Trinajstić information content (AvgIpc) is 2.53. The molecule has 0 fully saturated rings. The van der Waals surface area contributed by atoms with E-state index in [9.17, 15) is 13.5 Å². The van der Waals surface area contributed by atoms with E-state index in [2.05, 4.69) is 0 Å². The summed E-state index contributed by atoms with van der Waals surface area (Å²) in [7, 11) is -3.69. The molecule has 0 bridgehead atoms. The predicted octanol–water partition coefficient (Wildman–Crippen LogP) is 3.65. The van der Waals surface area contributed by atoms with Gasteiger partial charge >= 0.3 is 0 Å². The molecule has 0 saturated carbocycles. The summed E-state index contributed by atoms with van der Waals surface area (Å²) < 4.78 is 27.9. The summed E-state index contributed by atoms with van der Waals surface area (Å²) in [6.45, 7) is 8.12. The number of aryl methyl sites for hydroxylation is 2. The Morgan fingerprint density at radius 3 is 2.38 bits per heavy atom. The molecule has 0 amide bonds. The molecule has 2 aromatic rings. The molecule has 130 valence electrons. The first kappa shape index (κ1) is 18.5. The Hall–Kier alpha value is -1.85. The van der Waals surface area contributed by atoms with Crippen molar-refractivity contribution >= 4 is 15.7 Å². The van der Waals surface area contributed by atoms with Crippen LogP contribution in [0.5, 0.6) is 0 Å². The topological polar surface area (TPSA) is 57.6 Å². The highest BCUT2D eigenvalue weighted by atomic mass is 32.2. The van der Waals surface area contributed by atoms with Crippen LogP contribution in [-0.4, -0.2) is 20.1 Å². The maximum absolute atomic E-state index is 13.2. The number of aliphatic hydroxyl groups excluding tert-OH is 1. The Morgan fingerprint density at radius 1 is 1.08 bits per heavy atom. The van der Waals surface area contributed by atoms with E-state index in [1.54, 1.807) is 18.2 Å². The lowest BCUT2D eigenvalue weighted by Crippen LogP contribution is -2.34. The SMILES string of the molecule is Cc1ccc(N(CC(C)C)S(=O)(=O)c2cccc(CO)c2)c(C)c1. The molecule has 2 aromatic carbocycles. The maximum Gasteiger partial charge on any atom is 0.264 e. The second kappa shape index (κ2) is 7.36. The zero-order valence-electron chi connectivity index (χ0n) is 14.7. The minimum atomic E-state index is -3.69. The smallest absolute Gasteiger partial charge is 0.264 e. The van der Waals surface area contributed by atoms with Gasteiger partial charge in [-0.25, -0.2) is 8.42 Å². The highest BCUT2D eigenvalue weighted by Gasteiger charge is 2.27. The molecule has 1 N–H and O–H groups in total. The van der Waals surface area contributed by atoms with Gasteiger partial charge in [-0.3, -0.25) is 4.31 Å². The van der Waals surface area contributed by atoms with Gasteiger partial charge in [-0.15, -0.1) is 0 Å². The number of benzene rings is 2. The van der Waals surface area contributed by atoms with E-state index in [0.29, 0.717) is 17.8 Å². The lowest BCUT2D eigenvalue weighted by atomic mass is 10.1. The molecular formula is C19H25NO3S. The molecule has 0 saturated heterocycles. The van der Waals surface area contributed by atoms with Crippen molar-refractivity contribution in [1.29, 1.82) is 0 Å². The third-order valence-electron chi connectivity index (χ3n) is 3.82. The zero-order valence-corrected chi connectivity index (χ0v) is 15.5. The van der Waals surface area contributed by atoms with Crippen molar-refractivity contribution in [2.45, 2.75) is 39.2 Å². The Balaban J connectivity index is 2.57. The fourth-order valence-corrected chi connectivity index (χ4v) is 4.44. The van der Waals surface area contributed by atoms with Crippen molar-refractivity contribution in [2.75, 3.05) is 10.8 Å². The molecule has 0 radical (unpaired) electrons. The van der Waals surface area contributed by atoms with Gasteiger partial charge < -0.3 is 5.11 Å². The number of sulfonamides is 1. The Labute approximate surface area is 144 Å². The minimum absolute atomic E-state index is 0.182. The molecule has 0 aliphatic carbocycles. The average molecular weight is 347 g/mol. The van der Waals surface area contributed by atoms with E-state index in [-0.39, 0.29) is 17.4 Å². The van der Waals surface area contributed by atoms with Gasteiger partial charge in [0, 0.05) is 6.54 Å². The van der Waals surface area contributed by atoms with E-state index in [1.165, 1.54) is 10.4 Å². The number of anilines is 1. The first-order valence-electron chi connectivity index (χ1n) is 8.05. The van der Waals surface area contributed by atoms with Crippen molar-refractivity contribution in [1.82, 2.24) is 0 Å². The molecule has 0 unspecified atom stereocenters. The highest BCUT2D eigenvalue weighted by molar-refractivity contribution is 7.92. The van der Waals surface area contributed by atoms with Gasteiger partial charge in [0.1, 0.15) is 0 Å². The van der Waals surface area contributed by atoms with Crippen LogP contribution in [0.15, 0.2) is 47.4 Å². The number of rotatable bonds is 6. The molecule has 0 aliphatic rings. The number of nitrogens with zero attached hydrogens (tertiary/aromatic N) is 1. The lowest BCUT2D eigenvalue weighted by molar-refractivity contribution is 0.281. The molecule has 24 heavy (non-hydrogen) atoms. The molecule has 0 heterocycles. The van der Waals surface area contributed by atoms with Crippen LogP contribution in [0.3, 0.4) is 0 Å². The van der Waals surface area contributed by atoms with Gasteiger partial charge in [0.15, 0.2) is 0 Å². The van der Waals surface area contributed by atoms with Crippen LogP contribution in [0.25, 0.3) is 0 Å². The third kappa shape index (κ3) is 3.97. The van der Waals surface area contributed by atoms with Gasteiger partial charge in [0.05, 0.1) is 17.2 Å². The summed E-state index contributed by atoms with van der Waals surface area (Å²) in [6, 6.07) is 12.3. The first-order valence-corrected chi connectivity index (χ1v) is 9.49. The lowest BCUT2D eigenvalue weighted by Gasteiger charge is -2.28. The Morgan fingerprint density at radius 2 is 1.79 bits per heavy atom. The molecule has 5 heteroatoms. The van der Waals surface area contributed by atoms with Crippen LogP contribution >= 0.6 is 0 Å². The molecular weight excluding hydrogens is 322 g/mol. The fraction of sp³-hybridized carbons (Fsp3) is 0.368. The second-order valence-corrected chi connectivity index (χ2v) is 8.39. The van der Waals surface area contributed by atoms with Gasteiger partial charge in [0.25, 0.3) is 10.0 Å². The zero-order chi connectivity index (χ0) is 17.9. The summed E-state index contributed by atoms with van der Waals surface area (Å²) in [5.74, 6) is 0.182. The number of aliphatic hydroxyl groups is 1. The normalized spacial score (nSPS) is 11.8. The number of hydrogen-bond acceptors (Lipinski definition) is 3. The van der Waals surface area contributed by atoms with E-state index in [1.807, 2.05) is 45.9 Å². The van der Waals surface area contributed by atoms with Crippen molar-refractivity contribution in [3.63, 3.8) is 0 Å². The molecule has 0 spiro atoms. The van der Waals surface area contributed by atoms with Crippen molar-refractivity contribution in [3.8, 4) is 0 Å². The van der Waals surface area contributed by atoms with Gasteiger partial charge in [-0.05, 0) is 49.1 Å². The van der Waals surface area contributed by atoms with Crippen molar-refractivity contribution in [3.05, 3.63) is 59.2 Å². The molecule has 0 atom stereocenters. The summed E-state index contributed by atoms with van der Waals surface area (Å²) in [5, 5.41) is 9.30. The monoisotopic (exact) mass is 347 g/mol. The first-order chi connectivity index (χ1) is 11.3. The standard InChI is InChI=1S/C19H25NO3S/c1-14(2)12-20(19-9-8-15(3)10-16(19)4)24(22,23)18-7-5-6-17(11-18)13-21/h5-11,14,21H,12-13H2,1-4H3. The molecule has 4 nitrogen and oxygen atoms in total. The molecule has 0 aliphatic heterocycles. The van der Waals surface area contributed by atoms with Crippen LogP contribution < -0.4 is 4.31 Å². The Bertz CT molecular complexity index is 813. The minimum Gasteiger partial charge on any atom is -0.392 e.